The summed E-state index contributed by atoms with van der Waals surface area (Å²) < 4.78 is 16.0. The summed E-state index contributed by atoms with van der Waals surface area (Å²) in [5.74, 6) is 0.855. The number of benzene rings is 2. The molecule has 5 heteroatoms. The Morgan fingerprint density at radius 1 is 0.966 bits per heavy atom. The predicted molar refractivity (Wildman–Crippen MR) is 112 cm³/mol. The van der Waals surface area contributed by atoms with E-state index in [0.717, 1.165) is 18.9 Å². The first-order valence-electron chi connectivity index (χ1n) is 9.87. The van der Waals surface area contributed by atoms with E-state index in [0.29, 0.717) is 42.6 Å². The summed E-state index contributed by atoms with van der Waals surface area (Å²) in [5, 5.41) is 0. The normalized spacial score (nSPS) is 11.4. The second-order valence-electron chi connectivity index (χ2n) is 6.72. The number of carbonyl (C=O) groups is 2. The van der Waals surface area contributed by atoms with E-state index in [9.17, 15) is 9.59 Å². The molecule has 0 radical (unpaired) electrons. The van der Waals surface area contributed by atoms with Crippen molar-refractivity contribution in [2.45, 2.75) is 39.0 Å². The minimum absolute atomic E-state index is 0.345. The third-order valence-electron chi connectivity index (χ3n) is 4.58. The van der Waals surface area contributed by atoms with Crippen molar-refractivity contribution in [3.05, 3.63) is 72.3 Å². The highest BCUT2D eigenvalue weighted by Crippen LogP contribution is 2.22. The van der Waals surface area contributed by atoms with Crippen molar-refractivity contribution in [1.82, 2.24) is 0 Å². The summed E-state index contributed by atoms with van der Waals surface area (Å²) in [5.41, 5.74) is 1.69. The molecule has 154 valence electrons. The second-order valence-corrected chi connectivity index (χ2v) is 6.72. The van der Waals surface area contributed by atoms with Crippen molar-refractivity contribution in [1.29, 1.82) is 0 Å². The molecule has 0 N–H and O–H groups in total. The first kappa shape index (κ1) is 22.2. The molecule has 0 aliphatic rings. The molecule has 2 aromatic rings. The van der Waals surface area contributed by atoms with Gasteiger partial charge in [0.15, 0.2) is 0 Å². The highest BCUT2D eigenvalue weighted by molar-refractivity contribution is 5.91. The van der Waals surface area contributed by atoms with Gasteiger partial charge < -0.3 is 14.2 Å². The van der Waals surface area contributed by atoms with Gasteiger partial charge in [-0.25, -0.2) is 9.59 Å². The van der Waals surface area contributed by atoms with E-state index in [2.05, 4.69) is 20.4 Å². The lowest BCUT2D eigenvalue weighted by molar-refractivity contribution is -0.137. The van der Waals surface area contributed by atoms with Crippen LogP contribution in [0.15, 0.2) is 61.2 Å². The van der Waals surface area contributed by atoms with E-state index in [1.54, 1.807) is 24.3 Å². The van der Waals surface area contributed by atoms with Gasteiger partial charge in [0.1, 0.15) is 11.5 Å². The smallest absolute Gasteiger partial charge is 0.343 e. The Morgan fingerprint density at radius 2 is 1.59 bits per heavy atom. The largest absolute Gasteiger partial charge is 0.494 e. The molecule has 5 nitrogen and oxygen atoms in total. The first-order valence-corrected chi connectivity index (χ1v) is 9.87. The molecule has 0 saturated heterocycles. The van der Waals surface area contributed by atoms with Crippen LogP contribution in [-0.4, -0.2) is 25.2 Å². The Kier molecular flexibility index (Phi) is 8.96. The van der Waals surface area contributed by atoms with Gasteiger partial charge in [-0.3, -0.25) is 0 Å². The number of carbonyl (C=O) groups excluding carboxylic acids is 2. The summed E-state index contributed by atoms with van der Waals surface area (Å²) in [6, 6.07) is 14.5. The van der Waals surface area contributed by atoms with Crippen LogP contribution in [0, 0.1) is 0 Å². The fourth-order valence-electron chi connectivity index (χ4n) is 2.58. The van der Waals surface area contributed by atoms with Crippen LogP contribution in [0.1, 0.15) is 54.9 Å². The molecule has 0 heterocycles. The summed E-state index contributed by atoms with van der Waals surface area (Å²) in [6.45, 7) is 8.50. The van der Waals surface area contributed by atoms with Gasteiger partial charge in [0.25, 0.3) is 0 Å². The number of rotatable bonds is 11. The number of hydrogen-bond acceptors (Lipinski definition) is 5. The van der Waals surface area contributed by atoms with Gasteiger partial charge in [0, 0.05) is 6.08 Å². The maximum Gasteiger partial charge on any atom is 0.343 e. The van der Waals surface area contributed by atoms with Crippen molar-refractivity contribution in [3.8, 4) is 11.5 Å². The van der Waals surface area contributed by atoms with Crippen LogP contribution >= 0.6 is 0 Å². The monoisotopic (exact) mass is 396 g/mol. The topological polar surface area (TPSA) is 61.8 Å². The van der Waals surface area contributed by atoms with E-state index in [4.69, 9.17) is 14.2 Å². The number of esters is 2. The Labute approximate surface area is 172 Å². The van der Waals surface area contributed by atoms with Gasteiger partial charge in [-0.15, -0.1) is 0 Å². The second kappa shape index (κ2) is 11.7. The standard InChI is InChI=1S/C24H28O5/c1-4-18(3)19-8-14-22(15-9-19)29-24(26)20-10-12-21(13-11-20)27-16-6-7-17-28-23(25)5-2/h5,8-15,18H,2,4,6-7,16-17H2,1,3H3. The van der Waals surface area contributed by atoms with Crippen molar-refractivity contribution in [3.63, 3.8) is 0 Å². The molecule has 0 aromatic heterocycles. The molecule has 0 bridgehead atoms. The lowest BCUT2D eigenvalue weighted by Gasteiger charge is -2.10. The van der Waals surface area contributed by atoms with Crippen LogP contribution < -0.4 is 9.47 Å². The lowest BCUT2D eigenvalue weighted by Crippen LogP contribution is -2.08. The third kappa shape index (κ3) is 7.45. The molecule has 0 spiro atoms. The SMILES string of the molecule is C=CC(=O)OCCCCOc1ccc(C(=O)Oc2ccc(C(C)CC)cc2)cc1. The van der Waals surface area contributed by atoms with E-state index >= 15 is 0 Å². The molecule has 29 heavy (non-hydrogen) atoms. The van der Waals surface area contributed by atoms with Gasteiger partial charge in [-0.1, -0.05) is 32.6 Å². The minimum atomic E-state index is -0.417. The van der Waals surface area contributed by atoms with Gasteiger partial charge in [0.05, 0.1) is 18.8 Å². The summed E-state index contributed by atoms with van der Waals surface area (Å²) in [7, 11) is 0. The Morgan fingerprint density at radius 3 is 2.21 bits per heavy atom. The van der Waals surface area contributed by atoms with Crippen LogP contribution in [0.2, 0.25) is 0 Å². The Balaban J connectivity index is 1.76. The third-order valence-corrected chi connectivity index (χ3v) is 4.58. The number of hydrogen-bond donors (Lipinski definition) is 0. The Bertz CT molecular complexity index is 793. The van der Waals surface area contributed by atoms with Crippen molar-refractivity contribution in [2.24, 2.45) is 0 Å². The van der Waals surface area contributed by atoms with E-state index < -0.39 is 11.9 Å². The average Bonchev–Trinajstić information content (AvgIpc) is 2.76. The molecule has 0 aliphatic carbocycles. The summed E-state index contributed by atoms with van der Waals surface area (Å²) in [6.07, 6.45) is 3.67. The van der Waals surface area contributed by atoms with Crippen LogP contribution in [0.25, 0.3) is 0 Å². The van der Waals surface area contributed by atoms with Crippen LogP contribution in [-0.2, 0) is 9.53 Å². The Hall–Kier alpha value is -3.08. The highest BCUT2D eigenvalue weighted by Gasteiger charge is 2.10. The maximum atomic E-state index is 12.3. The molecule has 1 atom stereocenters. The molecule has 0 fully saturated rings. The van der Waals surface area contributed by atoms with Crippen LogP contribution in [0.4, 0.5) is 0 Å². The zero-order chi connectivity index (χ0) is 21.1. The fraction of sp³-hybridized carbons (Fsp3) is 0.333. The first-order chi connectivity index (χ1) is 14.0. The molecular weight excluding hydrogens is 368 g/mol. The van der Waals surface area contributed by atoms with E-state index in [-0.39, 0.29) is 0 Å². The van der Waals surface area contributed by atoms with Crippen molar-refractivity contribution < 1.29 is 23.8 Å². The molecule has 0 saturated carbocycles. The predicted octanol–water partition coefficient (Wildman–Crippen LogP) is 5.31. The zero-order valence-electron chi connectivity index (χ0n) is 17.1. The quantitative estimate of drug-likeness (QED) is 0.223. The lowest BCUT2D eigenvalue weighted by atomic mass is 9.99. The number of unbranched alkanes of at least 4 members (excludes halogenated alkanes) is 1. The summed E-state index contributed by atoms with van der Waals surface area (Å²) >= 11 is 0. The number of ether oxygens (including phenoxy) is 3. The van der Waals surface area contributed by atoms with Gasteiger partial charge >= 0.3 is 11.9 Å². The average molecular weight is 396 g/mol. The zero-order valence-corrected chi connectivity index (χ0v) is 17.1. The highest BCUT2D eigenvalue weighted by atomic mass is 16.5. The van der Waals surface area contributed by atoms with E-state index in [1.165, 1.54) is 5.56 Å². The van der Waals surface area contributed by atoms with E-state index in [1.807, 2.05) is 24.3 Å². The molecule has 0 aliphatic heterocycles. The van der Waals surface area contributed by atoms with Gasteiger partial charge in [0.2, 0.25) is 0 Å². The van der Waals surface area contributed by atoms with Crippen LogP contribution in [0.5, 0.6) is 11.5 Å². The molecule has 0 amide bonds. The van der Waals surface area contributed by atoms with Crippen molar-refractivity contribution >= 4 is 11.9 Å². The summed E-state index contributed by atoms with van der Waals surface area (Å²) in [4.78, 5) is 23.2. The van der Waals surface area contributed by atoms with Gasteiger partial charge in [-0.05, 0) is 67.1 Å². The van der Waals surface area contributed by atoms with Crippen LogP contribution in [0.3, 0.4) is 0 Å². The molecule has 2 aromatic carbocycles. The molecule has 2 rings (SSSR count). The van der Waals surface area contributed by atoms with Gasteiger partial charge in [-0.2, -0.15) is 0 Å². The maximum absolute atomic E-state index is 12.3. The molecule has 1 unspecified atom stereocenters. The van der Waals surface area contributed by atoms with Crippen molar-refractivity contribution in [2.75, 3.05) is 13.2 Å². The fourth-order valence-corrected chi connectivity index (χ4v) is 2.58. The molecular formula is C24H28O5. The minimum Gasteiger partial charge on any atom is -0.494 e.